The van der Waals surface area contributed by atoms with Gasteiger partial charge in [0.2, 0.25) is 5.88 Å². The second-order valence-corrected chi connectivity index (χ2v) is 4.58. The van der Waals surface area contributed by atoms with E-state index >= 15 is 0 Å². The topological polar surface area (TPSA) is 77.2 Å². The van der Waals surface area contributed by atoms with E-state index in [2.05, 4.69) is 20.0 Å². The Hall–Kier alpha value is -3.03. The third kappa shape index (κ3) is 3.25. The molecule has 0 atom stereocenters. The Kier molecular flexibility index (Phi) is 3.88. The lowest BCUT2D eigenvalue weighted by molar-refractivity contribution is -0.0527. The summed E-state index contributed by atoms with van der Waals surface area (Å²) >= 11 is 0. The van der Waals surface area contributed by atoms with Crippen LogP contribution >= 0.6 is 0 Å². The number of nitrogens with one attached hydrogen (secondary N) is 1. The van der Waals surface area contributed by atoms with Gasteiger partial charge < -0.3 is 14.5 Å². The molecular weight excluding hydrogens is 308 g/mol. The summed E-state index contributed by atoms with van der Waals surface area (Å²) in [6.45, 7) is -1.31. The number of oxazole rings is 1. The van der Waals surface area contributed by atoms with Crippen LogP contribution in [0, 0.1) is 6.92 Å². The Morgan fingerprint density at radius 1 is 1.22 bits per heavy atom. The number of ether oxygens (including phenoxy) is 1. The Bertz CT molecular complexity index is 864. The zero-order valence-corrected chi connectivity index (χ0v) is 11.9. The van der Waals surface area contributed by atoms with E-state index in [4.69, 9.17) is 4.42 Å². The van der Waals surface area contributed by atoms with Crippen LogP contribution in [0.3, 0.4) is 0 Å². The van der Waals surface area contributed by atoms with E-state index in [0.717, 1.165) is 0 Å². The molecule has 0 saturated heterocycles. The van der Waals surface area contributed by atoms with E-state index in [1.54, 1.807) is 25.1 Å². The van der Waals surface area contributed by atoms with Crippen LogP contribution in [0.5, 0.6) is 5.88 Å². The largest absolute Gasteiger partial charge is 0.441 e. The predicted octanol–water partition coefficient (Wildman–Crippen LogP) is 3.38. The molecule has 0 saturated carbocycles. The lowest BCUT2D eigenvalue weighted by atomic mass is 10.2. The monoisotopic (exact) mass is 319 g/mol. The number of carbonyl (C=O) groups excluding carboxylic acids is 1. The number of rotatable bonds is 4. The van der Waals surface area contributed by atoms with Crippen LogP contribution in [0.1, 0.15) is 16.2 Å². The third-order valence-electron chi connectivity index (χ3n) is 2.95. The van der Waals surface area contributed by atoms with Gasteiger partial charge in [-0.2, -0.15) is 13.8 Å². The quantitative estimate of drug-likeness (QED) is 0.797. The molecule has 0 spiro atoms. The molecule has 23 heavy (non-hydrogen) atoms. The van der Waals surface area contributed by atoms with Gasteiger partial charge in [-0.25, -0.2) is 4.98 Å². The summed E-state index contributed by atoms with van der Waals surface area (Å²) in [4.78, 5) is 20.3. The highest BCUT2D eigenvalue weighted by Crippen LogP contribution is 2.21. The van der Waals surface area contributed by atoms with Crippen molar-refractivity contribution >= 4 is 22.8 Å². The highest BCUT2D eigenvalue weighted by molar-refractivity contribution is 6.10. The summed E-state index contributed by atoms with van der Waals surface area (Å²) in [5.41, 5.74) is 1.20. The number of aryl methyl sites for hydroxylation is 1. The van der Waals surface area contributed by atoms with E-state index in [1.807, 2.05) is 0 Å². The average Bonchev–Trinajstić information content (AvgIpc) is 2.86. The van der Waals surface area contributed by atoms with Gasteiger partial charge in [0, 0.05) is 13.0 Å². The number of alkyl halides is 2. The minimum Gasteiger partial charge on any atom is -0.441 e. The molecule has 3 aromatic rings. The molecule has 8 heteroatoms. The van der Waals surface area contributed by atoms with E-state index in [-0.39, 0.29) is 11.7 Å². The minimum atomic E-state index is -2.99. The van der Waals surface area contributed by atoms with E-state index in [9.17, 15) is 13.6 Å². The van der Waals surface area contributed by atoms with Gasteiger partial charge in [0.25, 0.3) is 5.91 Å². The van der Waals surface area contributed by atoms with Gasteiger partial charge in [0.15, 0.2) is 11.5 Å². The first-order valence-electron chi connectivity index (χ1n) is 6.62. The first-order chi connectivity index (χ1) is 11.0. The van der Waals surface area contributed by atoms with E-state index in [1.165, 1.54) is 18.2 Å². The summed E-state index contributed by atoms with van der Waals surface area (Å²) in [5.74, 6) is -0.241. The lowest BCUT2D eigenvalue weighted by Crippen LogP contribution is -2.14. The summed E-state index contributed by atoms with van der Waals surface area (Å²) < 4.78 is 33.9. The lowest BCUT2D eigenvalue weighted by Gasteiger charge is -2.07. The van der Waals surface area contributed by atoms with Crippen molar-refractivity contribution < 1.29 is 22.7 Å². The fraction of sp³-hybridized carbons (Fsp3) is 0.133. The van der Waals surface area contributed by atoms with Crippen LogP contribution in [0.25, 0.3) is 11.1 Å². The summed E-state index contributed by atoms with van der Waals surface area (Å²) in [5, 5.41) is 2.52. The van der Waals surface area contributed by atoms with Crippen LogP contribution < -0.4 is 10.1 Å². The maximum absolute atomic E-state index is 12.3. The Morgan fingerprint density at radius 2 is 2.00 bits per heavy atom. The summed E-state index contributed by atoms with van der Waals surface area (Å²) in [6, 6.07) is 9.11. The van der Waals surface area contributed by atoms with Gasteiger partial charge in [0.05, 0.1) is 5.56 Å². The normalized spacial score (nSPS) is 11.0. The fourth-order valence-corrected chi connectivity index (χ4v) is 2.07. The maximum Gasteiger partial charge on any atom is 0.388 e. The number of hydrogen-bond donors (Lipinski definition) is 1. The number of hydrogen-bond acceptors (Lipinski definition) is 5. The van der Waals surface area contributed by atoms with Crippen molar-refractivity contribution in [2.45, 2.75) is 13.5 Å². The van der Waals surface area contributed by atoms with Gasteiger partial charge in [-0.15, -0.1) is 0 Å². The molecule has 0 aliphatic heterocycles. The second kappa shape index (κ2) is 5.99. The van der Waals surface area contributed by atoms with E-state index in [0.29, 0.717) is 22.6 Å². The van der Waals surface area contributed by atoms with Crippen molar-refractivity contribution in [2.75, 3.05) is 5.32 Å². The van der Waals surface area contributed by atoms with Gasteiger partial charge in [-0.1, -0.05) is 12.1 Å². The first kappa shape index (κ1) is 14.9. The molecule has 0 bridgehead atoms. The maximum atomic E-state index is 12.3. The van der Waals surface area contributed by atoms with Crippen molar-refractivity contribution in [3.63, 3.8) is 0 Å². The predicted molar refractivity (Wildman–Crippen MR) is 77.6 cm³/mol. The van der Waals surface area contributed by atoms with Crippen LogP contribution in [-0.4, -0.2) is 22.5 Å². The molecule has 0 aliphatic carbocycles. The minimum absolute atomic E-state index is 0.0883. The molecule has 6 nitrogen and oxygen atoms in total. The smallest absolute Gasteiger partial charge is 0.388 e. The molecule has 0 fully saturated rings. The number of pyridine rings is 1. The number of para-hydroxylation sites is 1. The van der Waals surface area contributed by atoms with Crippen molar-refractivity contribution in [3.05, 3.63) is 47.9 Å². The molecule has 2 heterocycles. The number of halogens is 2. The number of anilines is 1. The Labute approximate surface area is 129 Å². The van der Waals surface area contributed by atoms with Crippen LogP contribution in [0.15, 0.2) is 40.8 Å². The standard InChI is InChI=1S/C15H11F2N3O3/c1-8-18-13-9(4-2-5-10(13)22-8)14(21)20-11-6-3-7-12(19-11)23-15(16)17/h2-7,15H,1H3,(H,19,20,21). The van der Waals surface area contributed by atoms with Crippen molar-refractivity contribution in [1.29, 1.82) is 0 Å². The summed E-state index contributed by atoms with van der Waals surface area (Å²) in [7, 11) is 0. The van der Waals surface area contributed by atoms with Gasteiger partial charge in [0.1, 0.15) is 11.3 Å². The SMILES string of the molecule is Cc1nc2c(C(=O)Nc3cccc(OC(F)F)n3)cccc2o1. The van der Waals surface area contributed by atoms with E-state index < -0.39 is 12.5 Å². The molecule has 0 unspecified atom stereocenters. The molecule has 0 aliphatic rings. The van der Waals surface area contributed by atoms with Crippen molar-refractivity contribution in [3.8, 4) is 5.88 Å². The zero-order valence-electron chi connectivity index (χ0n) is 11.9. The second-order valence-electron chi connectivity index (χ2n) is 4.58. The summed E-state index contributed by atoms with van der Waals surface area (Å²) in [6.07, 6.45) is 0. The number of amides is 1. The number of aromatic nitrogens is 2. The van der Waals surface area contributed by atoms with Crippen LogP contribution in [0.2, 0.25) is 0 Å². The molecular formula is C15H11F2N3O3. The van der Waals surface area contributed by atoms with Gasteiger partial charge in [-0.05, 0) is 18.2 Å². The van der Waals surface area contributed by atoms with Crippen LogP contribution in [-0.2, 0) is 0 Å². The highest BCUT2D eigenvalue weighted by atomic mass is 19.3. The molecule has 118 valence electrons. The molecule has 2 aromatic heterocycles. The molecule has 0 radical (unpaired) electrons. The number of carbonyl (C=O) groups is 1. The zero-order chi connectivity index (χ0) is 16.4. The van der Waals surface area contributed by atoms with Crippen LogP contribution in [0.4, 0.5) is 14.6 Å². The highest BCUT2D eigenvalue weighted by Gasteiger charge is 2.15. The number of nitrogens with zero attached hydrogens (tertiary/aromatic N) is 2. The number of fused-ring (bicyclic) bond motifs is 1. The Morgan fingerprint density at radius 3 is 2.78 bits per heavy atom. The van der Waals surface area contributed by atoms with Gasteiger partial charge in [-0.3, -0.25) is 4.79 Å². The Balaban J connectivity index is 1.86. The van der Waals surface area contributed by atoms with Crippen molar-refractivity contribution in [1.82, 2.24) is 9.97 Å². The van der Waals surface area contributed by atoms with Crippen molar-refractivity contribution in [2.24, 2.45) is 0 Å². The fourth-order valence-electron chi connectivity index (χ4n) is 2.07. The van der Waals surface area contributed by atoms with Gasteiger partial charge >= 0.3 is 6.61 Å². The molecule has 1 amide bonds. The first-order valence-corrected chi connectivity index (χ1v) is 6.62. The number of benzene rings is 1. The molecule has 3 rings (SSSR count). The third-order valence-corrected chi connectivity index (χ3v) is 2.95. The molecule has 1 N–H and O–H groups in total. The molecule has 1 aromatic carbocycles. The average molecular weight is 319 g/mol.